The Labute approximate surface area is 151 Å². The summed E-state index contributed by atoms with van der Waals surface area (Å²) in [4.78, 5) is 27.3. The molecule has 0 saturated carbocycles. The molecule has 0 bridgehead atoms. The van der Waals surface area contributed by atoms with Gasteiger partial charge in [-0.2, -0.15) is 0 Å². The van der Waals surface area contributed by atoms with Crippen LogP contribution in [0.1, 0.15) is 38.8 Å². The van der Waals surface area contributed by atoms with Gasteiger partial charge in [-0.25, -0.2) is 0 Å². The standard InChI is InChI=1S/C11H11NO.C11H9NO/c2*1-2-8-3-4-10-9(7-13)6-12-11(10)5-8/h3-7,12H,2H2,1H3;2-7,12H,1H2. The van der Waals surface area contributed by atoms with Crippen molar-refractivity contribution in [3.8, 4) is 0 Å². The average molecular weight is 344 g/mol. The number of benzene rings is 2. The molecule has 0 fully saturated rings. The van der Waals surface area contributed by atoms with E-state index in [-0.39, 0.29) is 0 Å². The molecule has 4 nitrogen and oxygen atoms in total. The summed E-state index contributed by atoms with van der Waals surface area (Å²) < 4.78 is 0. The van der Waals surface area contributed by atoms with Crippen LogP contribution in [-0.2, 0) is 6.42 Å². The lowest BCUT2D eigenvalue weighted by Crippen LogP contribution is -1.79. The van der Waals surface area contributed by atoms with Crippen LogP contribution < -0.4 is 0 Å². The summed E-state index contributed by atoms with van der Waals surface area (Å²) in [6.07, 6.45) is 7.99. The topological polar surface area (TPSA) is 65.7 Å². The molecule has 2 aromatic carbocycles. The number of rotatable bonds is 4. The smallest absolute Gasteiger partial charge is 0.152 e. The number of H-pyrrole nitrogens is 2. The zero-order valence-corrected chi connectivity index (χ0v) is 14.6. The van der Waals surface area contributed by atoms with Crippen LogP contribution in [0.3, 0.4) is 0 Å². The Morgan fingerprint density at radius 1 is 0.885 bits per heavy atom. The monoisotopic (exact) mass is 344 g/mol. The molecule has 130 valence electrons. The summed E-state index contributed by atoms with van der Waals surface area (Å²) in [5, 5.41) is 1.97. The normalized spacial score (nSPS) is 10.3. The molecule has 0 aliphatic carbocycles. The Kier molecular flexibility index (Phi) is 5.13. The molecule has 0 atom stereocenters. The van der Waals surface area contributed by atoms with Crippen molar-refractivity contribution >= 4 is 40.5 Å². The summed E-state index contributed by atoms with van der Waals surface area (Å²) in [7, 11) is 0. The maximum absolute atomic E-state index is 10.6. The Morgan fingerprint density at radius 2 is 1.46 bits per heavy atom. The average Bonchev–Trinajstić information content (AvgIpc) is 3.30. The van der Waals surface area contributed by atoms with E-state index >= 15 is 0 Å². The van der Waals surface area contributed by atoms with Gasteiger partial charge in [-0.15, -0.1) is 0 Å². The highest BCUT2D eigenvalue weighted by molar-refractivity contribution is 5.98. The molecule has 2 aromatic heterocycles. The van der Waals surface area contributed by atoms with E-state index in [1.165, 1.54) is 5.56 Å². The quantitative estimate of drug-likeness (QED) is 0.502. The van der Waals surface area contributed by atoms with E-state index in [2.05, 4.69) is 35.6 Å². The van der Waals surface area contributed by atoms with Gasteiger partial charge < -0.3 is 9.97 Å². The van der Waals surface area contributed by atoms with Crippen LogP contribution >= 0.6 is 0 Å². The lowest BCUT2D eigenvalue weighted by atomic mass is 10.1. The van der Waals surface area contributed by atoms with Crippen LogP contribution in [0, 0.1) is 0 Å². The summed E-state index contributed by atoms with van der Waals surface area (Å²) in [5.74, 6) is 0. The number of aldehydes is 2. The maximum atomic E-state index is 10.6. The molecule has 0 unspecified atom stereocenters. The first-order valence-electron chi connectivity index (χ1n) is 8.44. The van der Waals surface area contributed by atoms with Gasteiger partial charge in [0, 0.05) is 45.3 Å². The Balaban J connectivity index is 0.000000151. The fraction of sp³-hybridized carbons (Fsp3) is 0.0909. The minimum atomic E-state index is 0.700. The highest BCUT2D eigenvalue weighted by Crippen LogP contribution is 2.19. The molecule has 0 spiro atoms. The summed E-state index contributed by atoms with van der Waals surface area (Å²) >= 11 is 0. The first kappa shape index (κ1) is 17.4. The van der Waals surface area contributed by atoms with E-state index in [0.717, 1.165) is 51.9 Å². The van der Waals surface area contributed by atoms with Crippen molar-refractivity contribution in [2.24, 2.45) is 0 Å². The van der Waals surface area contributed by atoms with Gasteiger partial charge in [-0.05, 0) is 29.7 Å². The van der Waals surface area contributed by atoms with Crippen LogP contribution in [0.5, 0.6) is 0 Å². The molecular weight excluding hydrogens is 324 g/mol. The second-order valence-corrected chi connectivity index (χ2v) is 5.97. The van der Waals surface area contributed by atoms with Gasteiger partial charge in [0.05, 0.1) is 0 Å². The molecule has 4 rings (SSSR count). The van der Waals surface area contributed by atoms with Crippen LogP contribution in [0.2, 0.25) is 0 Å². The number of hydrogen-bond acceptors (Lipinski definition) is 2. The number of aryl methyl sites for hydroxylation is 1. The van der Waals surface area contributed by atoms with Crippen molar-refractivity contribution < 1.29 is 9.59 Å². The van der Waals surface area contributed by atoms with Gasteiger partial charge in [0.25, 0.3) is 0 Å². The fourth-order valence-corrected chi connectivity index (χ4v) is 2.90. The van der Waals surface area contributed by atoms with Gasteiger partial charge in [0.1, 0.15) is 0 Å². The minimum Gasteiger partial charge on any atom is -0.360 e. The zero-order chi connectivity index (χ0) is 18.5. The van der Waals surface area contributed by atoms with Crippen LogP contribution in [0.25, 0.3) is 27.9 Å². The molecule has 0 radical (unpaired) electrons. The Hall–Kier alpha value is -3.40. The summed E-state index contributed by atoms with van der Waals surface area (Å²) in [6, 6.07) is 12.0. The number of carbonyl (C=O) groups excluding carboxylic acids is 2. The lowest BCUT2D eigenvalue weighted by Gasteiger charge is -1.95. The molecule has 0 amide bonds. The number of aromatic amines is 2. The predicted molar refractivity (Wildman–Crippen MR) is 107 cm³/mol. The number of nitrogens with one attached hydrogen (secondary N) is 2. The van der Waals surface area contributed by atoms with Crippen LogP contribution in [0.4, 0.5) is 0 Å². The largest absolute Gasteiger partial charge is 0.360 e. The van der Waals surface area contributed by atoms with E-state index in [1.807, 2.05) is 24.3 Å². The van der Waals surface area contributed by atoms with Crippen molar-refractivity contribution in [3.63, 3.8) is 0 Å². The molecule has 2 N–H and O–H groups in total. The third kappa shape index (κ3) is 3.35. The zero-order valence-electron chi connectivity index (χ0n) is 14.6. The Morgan fingerprint density at radius 3 is 2.00 bits per heavy atom. The molecule has 0 saturated heterocycles. The second kappa shape index (κ2) is 7.66. The van der Waals surface area contributed by atoms with Gasteiger partial charge in [0.2, 0.25) is 0 Å². The van der Waals surface area contributed by atoms with Crippen molar-refractivity contribution in [1.82, 2.24) is 9.97 Å². The summed E-state index contributed by atoms with van der Waals surface area (Å²) in [5.41, 5.74) is 5.78. The Bertz CT molecular complexity index is 1090. The van der Waals surface area contributed by atoms with Gasteiger partial charge in [-0.1, -0.05) is 43.8 Å². The molecule has 0 aliphatic rings. The predicted octanol–water partition coefficient (Wildman–Crippen LogP) is 5.17. The molecule has 2 heterocycles. The summed E-state index contributed by atoms with van der Waals surface area (Å²) in [6.45, 7) is 5.80. The highest BCUT2D eigenvalue weighted by atomic mass is 16.1. The van der Waals surface area contributed by atoms with E-state index < -0.39 is 0 Å². The van der Waals surface area contributed by atoms with E-state index in [0.29, 0.717) is 5.56 Å². The number of carbonyl (C=O) groups is 2. The van der Waals surface area contributed by atoms with Crippen molar-refractivity contribution in [1.29, 1.82) is 0 Å². The van der Waals surface area contributed by atoms with E-state index in [9.17, 15) is 9.59 Å². The van der Waals surface area contributed by atoms with Gasteiger partial charge >= 0.3 is 0 Å². The highest BCUT2D eigenvalue weighted by Gasteiger charge is 2.02. The lowest BCUT2D eigenvalue weighted by molar-refractivity contribution is 0.111. The minimum absolute atomic E-state index is 0.700. The van der Waals surface area contributed by atoms with E-state index in [4.69, 9.17) is 0 Å². The molecule has 0 aliphatic heterocycles. The van der Waals surface area contributed by atoms with Crippen molar-refractivity contribution in [2.45, 2.75) is 13.3 Å². The third-order valence-electron chi connectivity index (χ3n) is 4.41. The molecule has 4 heteroatoms. The molecule has 26 heavy (non-hydrogen) atoms. The SMILES string of the molecule is C=Cc1ccc2c(C=O)c[nH]c2c1.CCc1ccc2c(C=O)c[nH]c2c1. The van der Waals surface area contributed by atoms with Gasteiger partial charge in [-0.3, -0.25) is 9.59 Å². The number of hydrogen-bond donors (Lipinski definition) is 2. The number of aromatic nitrogens is 2. The molecular formula is C22H20N2O2. The third-order valence-corrected chi connectivity index (χ3v) is 4.41. The first-order chi connectivity index (χ1) is 12.7. The van der Waals surface area contributed by atoms with Crippen LogP contribution in [-0.4, -0.2) is 22.5 Å². The van der Waals surface area contributed by atoms with Crippen LogP contribution in [0.15, 0.2) is 55.4 Å². The molecule has 4 aromatic rings. The first-order valence-corrected chi connectivity index (χ1v) is 8.44. The number of fused-ring (bicyclic) bond motifs is 2. The van der Waals surface area contributed by atoms with Crippen molar-refractivity contribution in [2.75, 3.05) is 0 Å². The van der Waals surface area contributed by atoms with Crippen molar-refractivity contribution in [3.05, 3.63) is 77.6 Å². The van der Waals surface area contributed by atoms with E-state index in [1.54, 1.807) is 18.5 Å². The fourth-order valence-electron chi connectivity index (χ4n) is 2.90. The van der Waals surface area contributed by atoms with Gasteiger partial charge in [0.15, 0.2) is 12.6 Å². The maximum Gasteiger partial charge on any atom is 0.152 e. The second-order valence-electron chi connectivity index (χ2n) is 5.97.